The summed E-state index contributed by atoms with van der Waals surface area (Å²) in [4.78, 5) is 49.1. The second-order valence-electron chi connectivity index (χ2n) is 14.7. The molecule has 0 bridgehead atoms. The molecule has 57 heavy (non-hydrogen) atoms. The summed E-state index contributed by atoms with van der Waals surface area (Å²) in [5.41, 5.74) is 6.04. The first-order valence-corrected chi connectivity index (χ1v) is 20.3. The minimum atomic E-state index is -0.196. The van der Waals surface area contributed by atoms with E-state index < -0.39 is 0 Å². The van der Waals surface area contributed by atoms with Gasteiger partial charge in [0.15, 0.2) is 0 Å². The predicted octanol–water partition coefficient (Wildman–Crippen LogP) is 4.71. The molecule has 2 amide bonds. The lowest BCUT2D eigenvalue weighted by molar-refractivity contribution is -0.122. The molecular formula is C44H55ClN8O4. The van der Waals surface area contributed by atoms with Crippen LogP contribution in [-0.4, -0.2) is 116 Å². The van der Waals surface area contributed by atoms with Gasteiger partial charge in [-0.15, -0.1) is 0 Å². The van der Waals surface area contributed by atoms with E-state index in [-0.39, 0.29) is 24.1 Å². The first-order chi connectivity index (χ1) is 27.7. The highest BCUT2D eigenvalue weighted by Gasteiger charge is 2.22. The number of ether oxygens (including phenoxy) is 1. The lowest BCUT2D eigenvalue weighted by atomic mass is 10.1. The number of rotatable bonds is 13. The van der Waals surface area contributed by atoms with Gasteiger partial charge < -0.3 is 26.0 Å². The Hall–Kier alpha value is -4.85. The maximum atomic E-state index is 13.6. The number of amides is 2. The first-order valence-electron chi connectivity index (χ1n) is 19.9. The van der Waals surface area contributed by atoms with E-state index in [1.807, 2.05) is 25.1 Å². The fourth-order valence-corrected chi connectivity index (χ4v) is 7.45. The Bertz CT molecular complexity index is 2140. The molecule has 0 unspecified atom stereocenters. The molecule has 5 aromatic rings. The zero-order valence-electron chi connectivity index (χ0n) is 33.3. The largest absolute Gasteiger partial charge is 0.497 e. The number of hydrogen-bond donors (Lipinski definition) is 4. The predicted molar refractivity (Wildman–Crippen MR) is 227 cm³/mol. The van der Waals surface area contributed by atoms with E-state index in [9.17, 15) is 14.4 Å². The number of halogens is 1. The van der Waals surface area contributed by atoms with Gasteiger partial charge in [0, 0.05) is 99.0 Å². The lowest BCUT2D eigenvalue weighted by Crippen LogP contribution is -2.46. The van der Waals surface area contributed by atoms with Crippen LogP contribution < -0.4 is 26.0 Å². The third-order valence-corrected chi connectivity index (χ3v) is 10.7. The molecule has 6 rings (SSSR count). The Morgan fingerprint density at radius 1 is 0.789 bits per heavy atom. The molecular weight excluding hydrogens is 740 g/mol. The summed E-state index contributed by atoms with van der Waals surface area (Å²) in [5, 5.41) is 15.7. The van der Waals surface area contributed by atoms with E-state index in [1.54, 1.807) is 35.9 Å². The van der Waals surface area contributed by atoms with Crippen LogP contribution in [0.25, 0.3) is 21.8 Å². The summed E-state index contributed by atoms with van der Waals surface area (Å²) >= 11 is 6.06. The van der Waals surface area contributed by atoms with Crippen LogP contribution >= 0.6 is 11.6 Å². The van der Waals surface area contributed by atoms with Crippen molar-refractivity contribution in [1.82, 2.24) is 40.6 Å². The first kappa shape index (κ1) is 41.8. The summed E-state index contributed by atoms with van der Waals surface area (Å²) in [6.07, 6.45) is 1.58. The van der Waals surface area contributed by atoms with Gasteiger partial charge in [-0.05, 0) is 92.9 Å². The minimum absolute atomic E-state index is 0.00536. The Morgan fingerprint density at radius 3 is 2.14 bits per heavy atom. The third kappa shape index (κ3) is 11.6. The van der Waals surface area contributed by atoms with Crippen molar-refractivity contribution in [3.05, 3.63) is 106 Å². The molecule has 1 aliphatic rings. The normalized spacial score (nSPS) is 14.9. The molecule has 1 saturated heterocycles. The average molecular weight is 795 g/mol. The topological polar surface area (TPSA) is 133 Å². The molecule has 1 fully saturated rings. The van der Waals surface area contributed by atoms with Gasteiger partial charge in [0.1, 0.15) is 5.75 Å². The van der Waals surface area contributed by atoms with E-state index >= 15 is 0 Å². The molecule has 2 aromatic heterocycles. The smallest absolute Gasteiger partial charge is 0.262 e. The lowest BCUT2D eigenvalue weighted by Gasteiger charge is -2.26. The number of aryl methyl sites for hydroxylation is 1. The van der Waals surface area contributed by atoms with Gasteiger partial charge in [-0.2, -0.15) is 0 Å². The van der Waals surface area contributed by atoms with Crippen LogP contribution in [0.4, 0.5) is 0 Å². The number of methoxy groups -OCH3 is 1. The van der Waals surface area contributed by atoms with Crippen molar-refractivity contribution in [2.75, 3.05) is 79.1 Å². The van der Waals surface area contributed by atoms with Crippen molar-refractivity contribution in [3.8, 4) is 5.75 Å². The van der Waals surface area contributed by atoms with Crippen LogP contribution in [0.2, 0.25) is 5.02 Å². The zero-order valence-corrected chi connectivity index (χ0v) is 34.1. The number of aromatic nitrogens is 2. The van der Waals surface area contributed by atoms with Crippen molar-refractivity contribution in [1.29, 1.82) is 0 Å². The minimum Gasteiger partial charge on any atom is -0.497 e. The highest BCUT2D eigenvalue weighted by Crippen LogP contribution is 2.31. The van der Waals surface area contributed by atoms with Crippen molar-refractivity contribution < 1.29 is 19.1 Å². The molecule has 4 N–H and O–H groups in total. The molecule has 0 radical (unpaired) electrons. The van der Waals surface area contributed by atoms with E-state index in [4.69, 9.17) is 21.3 Å². The third-order valence-electron chi connectivity index (χ3n) is 10.5. The summed E-state index contributed by atoms with van der Waals surface area (Å²) in [5.74, 6) is 0.321. The number of benzene rings is 3. The Labute approximate surface area is 340 Å². The quantitative estimate of drug-likeness (QED) is 0.125. The van der Waals surface area contributed by atoms with Gasteiger partial charge in [0.05, 0.1) is 36.8 Å². The maximum absolute atomic E-state index is 13.6. The van der Waals surface area contributed by atoms with Crippen molar-refractivity contribution in [2.24, 2.45) is 0 Å². The van der Waals surface area contributed by atoms with Crippen molar-refractivity contribution in [3.63, 3.8) is 0 Å². The standard InChI is InChI=1S/C44H55ClN8O4/c1-31-6-14-40-34(26-31)9-12-36(50-40)29-51-22-18-46-20-24-52(25-21-47-19-23-51)30-43(55)49-17-5-4-16-48-42(54)28-38-32(2)53(41-15-13-37(57-3)27-39(38)41)44(56)33-7-10-35(45)11-8-33/h6-15,26-27,46-47H,4-5,16-25,28-30H2,1-3H3,(H,48,54)(H,49,55). The van der Waals surface area contributed by atoms with Crippen LogP contribution in [0, 0.1) is 13.8 Å². The molecule has 302 valence electrons. The summed E-state index contributed by atoms with van der Waals surface area (Å²) in [6, 6.07) is 23.0. The van der Waals surface area contributed by atoms with Gasteiger partial charge >= 0.3 is 0 Å². The molecule has 0 atom stereocenters. The number of carbonyl (C=O) groups is 3. The number of nitrogens with one attached hydrogen (secondary N) is 4. The number of hydrogen-bond acceptors (Lipinski definition) is 9. The summed E-state index contributed by atoms with van der Waals surface area (Å²) in [6.45, 7) is 12.9. The monoisotopic (exact) mass is 794 g/mol. The molecule has 3 heterocycles. The van der Waals surface area contributed by atoms with Crippen LogP contribution in [-0.2, 0) is 22.6 Å². The Balaban J connectivity index is 0.900. The number of nitrogens with zero attached hydrogens (tertiary/aromatic N) is 4. The molecule has 13 heteroatoms. The highest BCUT2D eigenvalue weighted by atomic mass is 35.5. The average Bonchev–Trinajstić information content (AvgIpc) is 3.47. The van der Waals surface area contributed by atoms with Gasteiger partial charge in [-0.25, -0.2) is 0 Å². The summed E-state index contributed by atoms with van der Waals surface area (Å²) in [7, 11) is 1.59. The molecule has 12 nitrogen and oxygen atoms in total. The molecule has 3 aromatic carbocycles. The second kappa shape index (κ2) is 20.5. The number of fused-ring (bicyclic) bond motifs is 2. The molecule has 0 aliphatic carbocycles. The zero-order chi connectivity index (χ0) is 40.1. The fourth-order valence-electron chi connectivity index (χ4n) is 7.33. The van der Waals surface area contributed by atoms with Crippen molar-refractivity contribution >= 4 is 51.1 Å². The van der Waals surface area contributed by atoms with Gasteiger partial charge in [0.25, 0.3) is 5.91 Å². The fraction of sp³-hybridized carbons (Fsp3) is 0.409. The van der Waals surface area contributed by atoms with Crippen molar-refractivity contribution in [2.45, 2.75) is 39.7 Å². The van der Waals surface area contributed by atoms with Crippen LogP contribution in [0.3, 0.4) is 0 Å². The van der Waals surface area contributed by atoms with Crippen LogP contribution in [0.15, 0.2) is 72.8 Å². The maximum Gasteiger partial charge on any atom is 0.262 e. The Kier molecular flexibility index (Phi) is 15.0. The molecule has 1 aliphatic heterocycles. The van der Waals surface area contributed by atoms with E-state index in [0.29, 0.717) is 47.2 Å². The number of carbonyl (C=O) groups excluding carboxylic acids is 3. The van der Waals surface area contributed by atoms with E-state index in [1.165, 1.54) is 10.9 Å². The van der Waals surface area contributed by atoms with Gasteiger partial charge in [-0.3, -0.25) is 33.7 Å². The molecule has 0 saturated carbocycles. The second-order valence-corrected chi connectivity index (χ2v) is 15.2. The highest BCUT2D eigenvalue weighted by molar-refractivity contribution is 6.30. The summed E-state index contributed by atoms with van der Waals surface area (Å²) < 4.78 is 7.11. The van der Waals surface area contributed by atoms with E-state index in [2.05, 4.69) is 68.3 Å². The van der Waals surface area contributed by atoms with Gasteiger partial charge in [-0.1, -0.05) is 29.3 Å². The van der Waals surface area contributed by atoms with Crippen LogP contribution in [0.1, 0.15) is 45.7 Å². The van der Waals surface area contributed by atoms with Gasteiger partial charge in [0.2, 0.25) is 11.8 Å². The number of unbranched alkanes of at least 4 members (excludes halogenated alkanes) is 1. The molecule has 0 spiro atoms. The Morgan fingerprint density at radius 2 is 1.46 bits per heavy atom. The number of pyridine rings is 1. The SMILES string of the molecule is COc1ccc2c(c1)c(CC(=O)NCCCCNC(=O)CN1CCNCCN(Cc3ccc4cc(C)ccc4n3)CCNCC1)c(C)n2C(=O)c1ccc(Cl)cc1. The van der Waals surface area contributed by atoms with E-state index in [0.717, 1.165) is 93.9 Å². The van der Waals surface area contributed by atoms with Crippen LogP contribution in [0.5, 0.6) is 5.75 Å².